The number of aryl methyl sites for hydroxylation is 1. The summed E-state index contributed by atoms with van der Waals surface area (Å²) in [6.07, 6.45) is 7.83. The predicted octanol–water partition coefficient (Wildman–Crippen LogP) is 3.13. The maximum atomic E-state index is 4.39. The molecule has 3 heteroatoms. The minimum Gasteiger partial charge on any atom is -0.356 e. The molecule has 3 rings (SSSR count). The zero-order chi connectivity index (χ0) is 14.7. The first kappa shape index (κ1) is 14.4. The summed E-state index contributed by atoms with van der Waals surface area (Å²) in [6, 6.07) is 9.42. The molecule has 0 bridgehead atoms. The molecule has 2 aliphatic rings. The van der Waals surface area contributed by atoms with Crippen molar-refractivity contribution >= 4 is 5.96 Å². The van der Waals surface area contributed by atoms with Crippen LogP contribution in [0.4, 0.5) is 0 Å². The van der Waals surface area contributed by atoms with E-state index in [0.717, 1.165) is 12.5 Å². The van der Waals surface area contributed by atoms with E-state index < -0.39 is 0 Å². The van der Waals surface area contributed by atoms with Crippen molar-refractivity contribution in [2.75, 3.05) is 13.6 Å². The summed E-state index contributed by atoms with van der Waals surface area (Å²) in [6.45, 7) is 3.21. The van der Waals surface area contributed by atoms with E-state index in [0.29, 0.717) is 11.5 Å². The molecule has 1 aromatic carbocycles. The van der Waals surface area contributed by atoms with Crippen LogP contribution in [0.1, 0.15) is 49.7 Å². The van der Waals surface area contributed by atoms with Gasteiger partial charge in [-0.1, -0.05) is 37.1 Å². The zero-order valence-electron chi connectivity index (χ0n) is 13.3. The average molecular weight is 285 g/mol. The lowest BCUT2D eigenvalue weighted by Crippen LogP contribution is -2.45. The minimum absolute atomic E-state index is 0.332. The van der Waals surface area contributed by atoms with Crippen molar-refractivity contribution in [1.82, 2.24) is 10.6 Å². The second-order valence-corrected chi connectivity index (χ2v) is 6.65. The topological polar surface area (TPSA) is 36.4 Å². The van der Waals surface area contributed by atoms with Crippen LogP contribution < -0.4 is 10.6 Å². The van der Waals surface area contributed by atoms with Gasteiger partial charge in [0.15, 0.2) is 5.96 Å². The molecule has 0 unspecified atom stereocenters. The smallest absolute Gasteiger partial charge is 0.191 e. The van der Waals surface area contributed by atoms with Crippen molar-refractivity contribution in [3.05, 3.63) is 35.4 Å². The Labute approximate surface area is 128 Å². The van der Waals surface area contributed by atoms with Crippen LogP contribution in [0.5, 0.6) is 0 Å². The van der Waals surface area contributed by atoms with E-state index in [1.807, 2.05) is 7.05 Å². The maximum absolute atomic E-state index is 4.39. The van der Waals surface area contributed by atoms with Crippen molar-refractivity contribution < 1.29 is 0 Å². The summed E-state index contributed by atoms with van der Waals surface area (Å²) >= 11 is 0. The van der Waals surface area contributed by atoms with E-state index in [1.54, 1.807) is 0 Å². The number of benzene rings is 1. The molecule has 1 aromatic rings. The first-order chi connectivity index (χ1) is 10.2. The van der Waals surface area contributed by atoms with Crippen LogP contribution in [0.3, 0.4) is 0 Å². The van der Waals surface area contributed by atoms with Gasteiger partial charge in [0.25, 0.3) is 0 Å². The van der Waals surface area contributed by atoms with E-state index >= 15 is 0 Å². The quantitative estimate of drug-likeness (QED) is 0.658. The van der Waals surface area contributed by atoms with Crippen LogP contribution in [0.2, 0.25) is 0 Å². The molecular formula is C18H27N3. The highest BCUT2D eigenvalue weighted by Crippen LogP contribution is 2.48. The predicted molar refractivity (Wildman–Crippen MR) is 88.8 cm³/mol. The van der Waals surface area contributed by atoms with Crippen molar-refractivity contribution in [3.63, 3.8) is 0 Å². The molecule has 0 spiro atoms. The Bertz CT molecular complexity index is 511. The highest BCUT2D eigenvalue weighted by Gasteiger charge is 2.44. The zero-order valence-corrected chi connectivity index (χ0v) is 13.3. The van der Waals surface area contributed by atoms with Gasteiger partial charge in [0, 0.05) is 25.0 Å². The number of guanidine groups is 1. The van der Waals surface area contributed by atoms with Gasteiger partial charge in [-0.15, -0.1) is 0 Å². The molecule has 21 heavy (non-hydrogen) atoms. The van der Waals surface area contributed by atoms with Gasteiger partial charge in [-0.05, 0) is 43.7 Å². The lowest BCUT2D eigenvalue weighted by atomic mass is 9.92. The van der Waals surface area contributed by atoms with Crippen LogP contribution in [0.25, 0.3) is 0 Å². The van der Waals surface area contributed by atoms with Crippen molar-refractivity contribution in [2.45, 2.75) is 56.9 Å². The Morgan fingerprint density at radius 1 is 1.24 bits per heavy atom. The molecule has 3 nitrogen and oxygen atoms in total. The third kappa shape index (κ3) is 3.22. The Hall–Kier alpha value is -1.51. The van der Waals surface area contributed by atoms with Gasteiger partial charge in [-0.25, -0.2) is 0 Å². The largest absolute Gasteiger partial charge is 0.356 e. The summed E-state index contributed by atoms with van der Waals surface area (Å²) in [5.41, 5.74) is 3.25. The van der Waals surface area contributed by atoms with Gasteiger partial charge in [0.1, 0.15) is 0 Å². The van der Waals surface area contributed by atoms with Gasteiger partial charge in [0.2, 0.25) is 0 Å². The number of nitrogens with zero attached hydrogens (tertiary/aromatic N) is 1. The van der Waals surface area contributed by atoms with Crippen LogP contribution in [0.15, 0.2) is 29.3 Å². The Morgan fingerprint density at radius 3 is 2.57 bits per heavy atom. The van der Waals surface area contributed by atoms with E-state index in [4.69, 9.17) is 0 Å². The van der Waals surface area contributed by atoms with Gasteiger partial charge < -0.3 is 10.6 Å². The Kier molecular flexibility index (Phi) is 4.18. The summed E-state index contributed by atoms with van der Waals surface area (Å²) in [7, 11) is 1.87. The standard InChI is InChI=1S/C18H27N3/c1-14-7-3-6-10-16(14)18(11-12-18)13-20-17(19-2)21-15-8-4-5-9-15/h3,6-7,10,15H,4-5,8-9,11-13H2,1-2H3,(H2,19,20,21). The highest BCUT2D eigenvalue weighted by atomic mass is 15.2. The fourth-order valence-corrected chi connectivity index (χ4v) is 3.57. The van der Waals surface area contributed by atoms with E-state index in [2.05, 4.69) is 46.8 Å². The number of nitrogens with one attached hydrogen (secondary N) is 2. The number of rotatable bonds is 4. The van der Waals surface area contributed by atoms with Crippen LogP contribution in [-0.2, 0) is 5.41 Å². The average Bonchev–Trinajstić information content (AvgIpc) is 3.11. The van der Waals surface area contributed by atoms with Gasteiger partial charge in [-0.2, -0.15) is 0 Å². The highest BCUT2D eigenvalue weighted by molar-refractivity contribution is 5.80. The monoisotopic (exact) mass is 285 g/mol. The lowest BCUT2D eigenvalue weighted by molar-refractivity contribution is 0.593. The van der Waals surface area contributed by atoms with Crippen molar-refractivity contribution in [1.29, 1.82) is 0 Å². The number of aliphatic imine (C=N–C) groups is 1. The molecule has 2 fully saturated rings. The number of hydrogen-bond acceptors (Lipinski definition) is 1. The fourth-order valence-electron chi connectivity index (χ4n) is 3.57. The Morgan fingerprint density at radius 2 is 1.95 bits per heavy atom. The van der Waals surface area contributed by atoms with E-state index in [9.17, 15) is 0 Å². The van der Waals surface area contributed by atoms with Crippen LogP contribution in [0, 0.1) is 6.92 Å². The van der Waals surface area contributed by atoms with E-state index in [-0.39, 0.29) is 0 Å². The van der Waals surface area contributed by atoms with Crippen molar-refractivity contribution in [3.8, 4) is 0 Å². The first-order valence-corrected chi connectivity index (χ1v) is 8.27. The van der Waals surface area contributed by atoms with Crippen LogP contribution >= 0.6 is 0 Å². The molecule has 0 atom stereocenters. The molecule has 0 aromatic heterocycles. The van der Waals surface area contributed by atoms with Gasteiger partial charge in [-0.3, -0.25) is 4.99 Å². The first-order valence-electron chi connectivity index (χ1n) is 8.27. The summed E-state index contributed by atoms with van der Waals surface area (Å²) < 4.78 is 0. The molecule has 0 aliphatic heterocycles. The van der Waals surface area contributed by atoms with E-state index in [1.165, 1.54) is 49.7 Å². The van der Waals surface area contributed by atoms with Crippen molar-refractivity contribution in [2.24, 2.45) is 4.99 Å². The lowest BCUT2D eigenvalue weighted by Gasteiger charge is -2.22. The molecule has 0 radical (unpaired) electrons. The minimum atomic E-state index is 0.332. The maximum Gasteiger partial charge on any atom is 0.191 e. The second kappa shape index (κ2) is 6.08. The third-order valence-corrected chi connectivity index (χ3v) is 5.08. The second-order valence-electron chi connectivity index (χ2n) is 6.65. The number of hydrogen-bond donors (Lipinski definition) is 2. The molecule has 2 saturated carbocycles. The molecule has 0 amide bonds. The summed E-state index contributed by atoms with van der Waals surface area (Å²) in [4.78, 5) is 4.39. The normalized spacial score (nSPS) is 21.3. The molecule has 2 aliphatic carbocycles. The molecular weight excluding hydrogens is 258 g/mol. The Balaban J connectivity index is 1.60. The fraction of sp³-hybridized carbons (Fsp3) is 0.611. The molecule has 0 heterocycles. The molecule has 114 valence electrons. The third-order valence-electron chi connectivity index (χ3n) is 5.08. The molecule has 0 saturated heterocycles. The van der Waals surface area contributed by atoms with Gasteiger partial charge >= 0.3 is 0 Å². The van der Waals surface area contributed by atoms with Crippen LogP contribution in [-0.4, -0.2) is 25.6 Å². The summed E-state index contributed by atoms with van der Waals surface area (Å²) in [5.74, 6) is 0.974. The molecule has 2 N–H and O–H groups in total. The van der Waals surface area contributed by atoms with Gasteiger partial charge in [0.05, 0.1) is 0 Å². The SMILES string of the molecule is CN=C(NCC1(c2ccccc2C)CC1)NC1CCCC1. The summed E-state index contributed by atoms with van der Waals surface area (Å²) in [5, 5.41) is 7.13.